The zero-order valence-electron chi connectivity index (χ0n) is 13.4. The van der Waals surface area contributed by atoms with Crippen molar-refractivity contribution >= 4 is 5.69 Å². The van der Waals surface area contributed by atoms with E-state index in [1.165, 1.54) is 5.69 Å². The van der Waals surface area contributed by atoms with Gasteiger partial charge in [-0.1, -0.05) is 12.1 Å². The summed E-state index contributed by atoms with van der Waals surface area (Å²) in [7, 11) is 0. The van der Waals surface area contributed by atoms with Crippen LogP contribution in [0.2, 0.25) is 0 Å². The van der Waals surface area contributed by atoms with E-state index in [0.717, 1.165) is 51.4 Å². The van der Waals surface area contributed by atoms with E-state index in [-0.39, 0.29) is 0 Å². The number of hydrogen-bond acceptors (Lipinski definition) is 6. The third-order valence-electron chi connectivity index (χ3n) is 4.13. The van der Waals surface area contributed by atoms with Gasteiger partial charge in [0.2, 0.25) is 5.89 Å². The molecule has 0 saturated carbocycles. The van der Waals surface area contributed by atoms with Crippen molar-refractivity contribution in [1.82, 2.24) is 15.0 Å². The SMILES string of the molecule is CCc1nc(CN2CCCN(c3ccc(C#N)cc3)CC2)no1. The van der Waals surface area contributed by atoms with E-state index in [2.05, 4.69) is 26.0 Å². The molecule has 0 aliphatic carbocycles. The number of nitriles is 1. The van der Waals surface area contributed by atoms with Gasteiger partial charge in [0.15, 0.2) is 5.82 Å². The van der Waals surface area contributed by atoms with Gasteiger partial charge in [0.1, 0.15) is 0 Å². The number of benzene rings is 1. The Bertz CT molecular complexity index is 673. The highest BCUT2D eigenvalue weighted by atomic mass is 16.5. The maximum absolute atomic E-state index is 8.89. The Balaban J connectivity index is 1.59. The molecule has 6 heteroatoms. The first-order valence-corrected chi connectivity index (χ1v) is 8.07. The van der Waals surface area contributed by atoms with Gasteiger partial charge < -0.3 is 9.42 Å². The second-order valence-electron chi connectivity index (χ2n) is 5.73. The zero-order valence-corrected chi connectivity index (χ0v) is 13.4. The van der Waals surface area contributed by atoms with Gasteiger partial charge in [-0.3, -0.25) is 4.90 Å². The van der Waals surface area contributed by atoms with E-state index in [1.807, 2.05) is 31.2 Å². The van der Waals surface area contributed by atoms with E-state index in [1.54, 1.807) is 0 Å². The summed E-state index contributed by atoms with van der Waals surface area (Å²) in [6.07, 6.45) is 1.87. The van der Waals surface area contributed by atoms with E-state index in [0.29, 0.717) is 11.5 Å². The summed E-state index contributed by atoms with van der Waals surface area (Å²) in [6.45, 7) is 6.74. The lowest BCUT2D eigenvalue weighted by molar-refractivity contribution is 0.271. The highest BCUT2D eigenvalue weighted by Crippen LogP contribution is 2.18. The van der Waals surface area contributed by atoms with Crippen LogP contribution in [0.4, 0.5) is 5.69 Å². The van der Waals surface area contributed by atoms with Gasteiger partial charge in [0, 0.05) is 38.3 Å². The summed E-state index contributed by atoms with van der Waals surface area (Å²) >= 11 is 0. The van der Waals surface area contributed by atoms with Crippen molar-refractivity contribution in [3.05, 3.63) is 41.5 Å². The van der Waals surface area contributed by atoms with Crippen LogP contribution in [-0.4, -0.2) is 41.2 Å². The number of rotatable bonds is 4. The van der Waals surface area contributed by atoms with Crippen LogP contribution in [0.15, 0.2) is 28.8 Å². The number of hydrogen-bond donors (Lipinski definition) is 0. The maximum atomic E-state index is 8.89. The molecule has 6 nitrogen and oxygen atoms in total. The van der Waals surface area contributed by atoms with Crippen LogP contribution in [0.1, 0.15) is 30.6 Å². The highest BCUT2D eigenvalue weighted by Gasteiger charge is 2.17. The van der Waals surface area contributed by atoms with Gasteiger partial charge in [0.05, 0.1) is 18.2 Å². The first-order valence-electron chi connectivity index (χ1n) is 8.07. The van der Waals surface area contributed by atoms with Gasteiger partial charge in [-0.05, 0) is 30.7 Å². The van der Waals surface area contributed by atoms with Crippen LogP contribution >= 0.6 is 0 Å². The summed E-state index contributed by atoms with van der Waals surface area (Å²) in [5, 5.41) is 12.9. The van der Waals surface area contributed by atoms with E-state index < -0.39 is 0 Å². The lowest BCUT2D eigenvalue weighted by atomic mass is 10.2. The lowest BCUT2D eigenvalue weighted by Crippen LogP contribution is -2.30. The van der Waals surface area contributed by atoms with Gasteiger partial charge in [-0.15, -0.1) is 0 Å². The van der Waals surface area contributed by atoms with E-state index >= 15 is 0 Å². The van der Waals surface area contributed by atoms with Gasteiger partial charge >= 0.3 is 0 Å². The van der Waals surface area contributed by atoms with Crippen molar-refractivity contribution in [2.45, 2.75) is 26.3 Å². The van der Waals surface area contributed by atoms with Crippen molar-refractivity contribution in [3.8, 4) is 6.07 Å². The zero-order chi connectivity index (χ0) is 16.1. The Morgan fingerprint density at radius 1 is 1.17 bits per heavy atom. The van der Waals surface area contributed by atoms with Crippen molar-refractivity contribution in [2.24, 2.45) is 0 Å². The molecule has 0 radical (unpaired) electrons. The molecule has 2 heterocycles. The quantitative estimate of drug-likeness (QED) is 0.862. The third-order valence-corrected chi connectivity index (χ3v) is 4.13. The Labute approximate surface area is 136 Å². The number of aromatic nitrogens is 2. The smallest absolute Gasteiger partial charge is 0.226 e. The predicted octanol–water partition coefficient (Wildman–Crippen LogP) is 2.22. The summed E-state index contributed by atoms with van der Waals surface area (Å²) < 4.78 is 5.17. The molecule has 0 spiro atoms. The first-order chi connectivity index (χ1) is 11.3. The first kappa shape index (κ1) is 15.5. The van der Waals surface area contributed by atoms with Crippen molar-refractivity contribution < 1.29 is 4.52 Å². The Morgan fingerprint density at radius 3 is 2.70 bits per heavy atom. The molecule has 0 atom stereocenters. The number of nitrogens with zero attached hydrogens (tertiary/aromatic N) is 5. The predicted molar refractivity (Wildman–Crippen MR) is 86.9 cm³/mol. The molecule has 1 aromatic heterocycles. The fourth-order valence-corrected chi connectivity index (χ4v) is 2.83. The molecule has 1 aliphatic rings. The molecule has 0 N–H and O–H groups in total. The third kappa shape index (κ3) is 3.88. The molecule has 0 amide bonds. The van der Waals surface area contributed by atoms with Crippen molar-refractivity contribution in [2.75, 3.05) is 31.1 Å². The highest BCUT2D eigenvalue weighted by molar-refractivity contribution is 5.49. The van der Waals surface area contributed by atoms with Crippen molar-refractivity contribution in [1.29, 1.82) is 5.26 Å². The standard InChI is InChI=1S/C17H21N5O/c1-2-17-19-16(20-23-17)13-21-8-3-9-22(11-10-21)15-6-4-14(12-18)5-7-15/h4-7H,2-3,8-11,13H2,1H3. The van der Waals surface area contributed by atoms with E-state index in [4.69, 9.17) is 9.78 Å². The molecule has 0 unspecified atom stereocenters. The maximum Gasteiger partial charge on any atom is 0.226 e. The Kier molecular flexibility index (Phi) is 4.89. The fourth-order valence-electron chi connectivity index (χ4n) is 2.83. The van der Waals surface area contributed by atoms with E-state index in [9.17, 15) is 0 Å². The average Bonchev–Trinajstić information content (AvgIpc) is 2.92. The molecular formula is C17H21N5O. The normalized spacial score (nSPS) is 16.1. The van der Waals surface area contributed by atoms with Crippen LogP contribution < -0.4 is 4.90 Å². The molecule has 1 fully saturated rings. The largest absolute Gasteiger partial charge is 0.370 e. The second kappa shape index (κ2) is 7.25. The Morgan fingerprint density at radius 2 is 2.00 bits per heavy atom. The molecule has 1 saturated heterocycles. The summed E-state index contributed by atoms with van der Waals surface area (Å²) in [4.78, 5) is 9.12. The van der Waals surface area contributed by atoms with Gasteiger partial charge in [-0.2, -0.15) is 10.2 Å². The monoisotopic (exact) mass is 311 g/mol. The van der Waals surface area contributed by atoms with Crippen LogP contribution in [0.5, 0.6) is 0 Å². The van der Waals surface area contributed by atoms with Crippen LogP contribution in [0.3, 0.4) is 0 Å². The minimum absolute atomic E-state index is 0.703. The molecule has 120 valence electrons. The second-order valence-corrected chi connectivity index (χ2v) is 5.73. The molecule has 23 heavy (non-hydrogen) atoms. The number of anilines is 1. The molecule has 2 aromatic rings. The van der Waals surface area contributed by atoms with Crippen molar-refractivity contribution in [3.63, 3.8) is 0 Å². The molecule has 1 aromatic carbocycles. The molecule has 3 rings (SSSR count). The lowest BCUT2D eigenvalue weighted by Gasteiger charge is -2.23. The van der Waals surface area contributed by atoms with Crippen LogP contribution in [0.25, 0.3) is 0 Å². The van der Waals surface area contributed by atoms with Gasteiger partial charge in [-0.25, -0.2) is 0 Å². The summed E-state index contributed by atoms with van der Waals surface area (Å²) in [5.41, 5.74) is 1.88. The minimum Gasteiger partial charge on any atom is -0.370 e. The van der Waals surface area contributed by atoms with Gasteiger partial charge in [0.25, 0.3) is 0 Å². The van der Waals surface area contributed by atoms with Crippen LogP contribution in [0, 0.1) is 11.3 Å². The summed E-state index contributed by atoms with van der Waals surface area (Å²) in [6, 6.07) is 9.98. The molecule has 1 aliphatic heterocycles. The average molecular weight is 311 g/mol. The topological polar surface area (TPSA) is 69.2 Å². The van der Waals surface area contributed by atoms with Crippen LogP contribution in [-0.2, 0) is 13.0 Å². The Hall–Kier alpha value is -2.39. The minimum atomic E-state index is 0.703. The number of aryl methyl sites for hydroxylation is 1. The molecular weight excluding hydrogens is 290 g/mol. The fraction of sp³-hybridized carbons (Fsp3) is 0.471. The summed E-state index contributed by atoms with van der Waals surface area (Å²) in [5.74, 6) is 1.47. The molecule has 0 bridgehead atoms.